The molecule has 28 heavy (non-hydrogen) atoms. The third kappa shape index (κ3) is 2.96. The van der Waals surface area contributed by atoms with E-state index in [1.54, 1.807) is 0 Å². The first kappa shape index (κ1) is 20.1. The number of rotatable bonds is 4. The number of aliphatic hydroxyl groups excluding tert-OH is 1. The minimum absolute atomic E-state index is 0.0253. The molecular formula is C23H34O5. The van der Waals surface area contributed by atoms with Crippen LogP contribution < -0.4 is 0 Å². The van der Waals surface area contributed by atoms with Crippen LogP contribution in [-0.4, -0.2) is 33.9 Å². The molecule has 0 bridgehead atoms. The zero-order valence-electron chi connectivity index (χ0n) is 17.2. The maximum Gasteiger partial charge on any atom is 0.303 e. The topological polar surface area (TPSA) is 91.7 Å². The van der Waals surface area contributed by atoms with Gasteiger partial charge in [-0.1, -0.05) is 13.8 Å². The lowest BCUT2D eigenvalue weighted by atomic mass is 9.43. The molecule has 4 rings (SSSR count). The third-order valence-electron chi connectivity index (χ3n) is 9.36. The highest BCUT2D eigenvalue weighted by Gasteiger charge is 2.65. The summed E-state index contributed by atoms with van der Waals surface area (Å²) in [4.78, 5) is 36.2. The number of carboxylic acids is 1. The second-order valence-electron chi connectivity index (χ2n) is 10.6. The molecule has 156 valence electrons. The summed E-state index contributed by atoms with van der Waals surface area (Å²) in [5.41, 5.74) is -0.197. The van der Waals surface area contributed by atoms with Crippen molar-refractivity contribution in [3.05, 3.63) is 0 Å². The summed E-state index contributed by atoms with van der Waals surface area (Å²) in [6.07, 6.45) is 6.34. The van der Waals surface area contributed by atoms with E-state index in [9.17, 15) is 19.5 Å². The fourth-order valence-corrected chi connectivity index (χ4v) is 7.91. The van der Waals surface area contributed by atoms with Crippen molar-refractivity contribution in [3.63, 3.8) is 0 Å². The molecule has 0 aliphatic heterocycles. The molecule has 0 saturated heterocycles. The second kappa shape index (κ2) is 6.93. The van der Waals surface area contributed by atoms with Gasteiger partial charge < -0.3 is 10.2 Å². The molecule has 0 amide bonds. The van der Waals surface area contributed by atoms with Gasteiger partial charge in [0.25, 0.3) is 0 Å². The van der Waals surface area contributed by atoms with E-state index < -0.39 is 12.1 Å². The molecule has 0 spiro atoms. The Morgan fingerprint density at radius 3 is 2.61 bits per heavy atom. The Bertz CT molecular complexity index is 686. The molecule has 5 heteroatoms. The standard InChI is InChI=1S/C23H34O5/c1-22-9-8-15(24)10-14(22)11-17(25)20-16-7-6-13(4-3-5-19(27)28)23(16,2)12-18(26)21(20)22/h13-14,16,18,20-21,26H,3-12H2,1-2H3,(H,27,28). The van der Waals surface area contributed by atoms with Crippen molar-refractivity contribution < 1.29 is 24.6 Å². The minimum atomic E-state index is -0.753. The number of hydrogen-bond donors (Lipinski definition) is 2. The number of carbonyl (C=O) groups is 3. The SMILES string of the molecule is CC12CC(O)C3C(C(=O)CC4CC(=O)CCC43C)C1CCC2CCCC(=O)O. The lowest BCUT2D eigenvalue weighted by Crippen LogP contribution is -2.61. The maximum atomic E-state index is 13.3. The van der Waals surface area contributed by atoms with Gasteiger partial charge in [0, 0.05) is 37.5 Å². The van der Waals surface area contributed by atoms with Crippen LogP contribution in [0.5, 0.6) is 0 Å². The van der Waals surface area contributed by atoms with E-state index >= 15 is 0 Å². The fraction of sp³-hybridized carbons (Fsp3) is 0.870. The average molecular weight is 391 g/mol. The molecule has 2 N–H and O–H groups in total. The summed E-state index contributed by atoms with van der Waals surface area (Å²) >= 11 is 0. The van der Waals surface area contributed by atoms with Crippen molar-refractivity contribution in [2.75, 3.05) is 0 Å². The van der Waals surface area contributed by atoms with Gasteiger partial charge in [0.05, 0.1) is 6.10 Å². The van der Waals surface area contributed by atoms with Gasteiger partial charge in [0.1, 0.15) is 11.6 Å². The predicted octanol–water partition coefficient (Wildman–Crippen LogP) is 3.62. The highest BCUT2D eigenvalue weighted by Crippen LogP contribution is 2.66. The van der Waals surface area contributed by atoms with E-state index in [-0.39, 0.29) is 46.6 Å². The first-order chi connectivity index (χ1) is 13.2. The van der Waals surface area contributed by atoms with Crippen LogP contribution in [0.1, 0.15) is 78.1 Å². The fourth-order valence-electron chi connectivity index (χ4n) is 7.91. The number of carboxylic acid groups (broad SMARTS) is 1. The van der Waals surface area contributed by atoms with E-state index in [1.807, 2.05) is 0 Å². The molecule has 4 aliphatic carbocycles. The summed E-state index contributed by atoms with van der Waals surface area (Å²) in [6.45, 7) is 4.46. The van der Waals surface area contributed by atoms with Crippen LogP contribution >= 0.6 is 0 Å². The predicted molar refractivity (Wildman–Crippen MR) is 103 cm³/mol. The van der Waals surface area contributed by atoms with Gasteiger partial charge >= 0.3 is 5.97 Å². The van der Waals surface area contributed by atoms with Crippen molar-refractivity contribution in [2.24, 2.45) is 40.4 Å². The zero-order chi connectivity index (χ0) is 20.3. The number of hydrogen-bond acceptors (Lipinski definition) is 4. The van der Waals surface area contributed by atoms with Gasteiger partial charge in [0.15, 0.2) is 0 Å². The Morgan fingerprint density at radius 2 is 1.89 bits per heavy atom. The molecule has 0 radical (unpaired) electrons. The van der Waals surface area contributed by atoms with Gasteiger partial charge in [-0.2, -0.15) is 0 Å². The summed E-state index contributed by atoms with van der Waals surface area (Å²) in [6, 6.07) is 0. The van der Waals surface area contributed by atoms with Gasteiger partial charge in [0.2, 0.25) is 0 Å². The Morgan fingerprint density at radius 1 is 1.14 bits per heavy atom. The maximum absolute atomic E-state index is 13.3. The van der Waals surface area contributed by atoms with Gasteiger partial charge in [-0.3, -0.25) is 14.4 Å². The molecule has 8 unspecified atom stereocenters. The van der Waals surface area contributed by atoms with Crippen molar-refractivity contribution in [1.29, 1.82) is 0 Å². The molecule has 4 fully saturated rings. The highest BCUT2D eigenvalue weighted by molar-refractivity contribution is 5.86. The van der Waals surface area contributed by atoms with Crippen molar-refractivity contribution in [2.45, 2.75) is 84.2 Å². The summed E-state index contributed by atoms with van der Waals surface area (Å²) in [7, 11) is 0. The summed E-state index contributed by atoms with van der Waals surface area (Å²) < 4.78 is 0. The summed E-state index contributed by atoms with van der Waals surface area (Å²) in [5, 5.41) is 20.3. The molecule has 0 aromatic carbocycles. The van der Waals surface area contributed by atoms with Gasteiger partial charge in [-0.15, -0.1) is 0 Å². The van der Waals surface area contributed by atoms with E-state index in [0.717, 1.165) is 25.7 Å². The lowest BCUT2D eigenvalue weighted by Gasteiger charge is -2.61. The van der Waals surface area contributed by atoms with Crippen LogP contribution in [0.4, 0.5) is 0 Å². The largest absolute Gasteiger partial charge is 0.481 e. The number of aliphatic hydroxyl groups is 1. The quantitative estimate of drug-likeness (QED) is 0.765. The van der Waals surface area contributed by atoms with Crippen LogP contribution in [0.3, 0.4) is 0 Å². The number of Topliss-reactive ketones (excluding diaryl/α,β-unsaturated/α-hetero) is 2. The van der Waals surface area contributed by atoms with Crippen molar-refractivity contribution >= 4 is 17.5 Å². The first-order valence-corrected chi connectivity index (χ1v) is 11.1. The molecule has 5 nitrogen and oxygen atoms in total. The number of carbonyl (C=O) groups excluding carboxylic acids is 2. The smallest absolute Gasteiger partial charge is 0.303 e. The van der Waals surface area contributed by atoms with Gasteiger partial charge in [-0.25, -0.2) is 0 Å². The average Bonchev–Trinajstić information content (AvgIpc) is 2.92. The van der Waals surface area contributed by atoms with Crippen LogP contribution in [-0.2, 0) is 14.4 Å². The number of ketones is 2. The number of aliphatic carboxylic acids is 1. The third-order valence-corrected chi connectivity index (χ3v) is 9.36. The second-order valence-corrected chi connectivity index (χ2v) is 10.6. The van der Waals surface area contributed by atoms with Crippen LogP contribution in [0.25, 0.3) is 0 Å². The highest BCUT2D eigenvalue weighted by atomic mass is 16.4. The number of fused-ring (bicyclic) bond motifs is 5. The Kier molecular flexibility index (Phi) is 4.96. The first-order valence-electron chi connectivity index (χ1n) is 11.1. The lowest BCUT2D eigenvalue weighted by molar-refractivity contribution is -0.180. The molecule has 0 heterocycles. The molecule has 4 aliphatic rings. The summed E-state index contributed by atoms with van der Waals surface area (Å²) in [5.74, 6) is 0.435. The van der Waals surface area contributed by atoms with E-state index in [4.69, 9.17) is 5.11 Å². The monoisotopic (exact) mass is 390 g/mol. The zero-order valence-corrected chi connectivity index (χ0v) is 17.2. The van der Waals surface area contributed by atoms with E-state index in [1.165, 1.54) is 0 Å². The Balaban J connectivity index is 1.60. The molecule has 0 aromatic heterocycles. The Labute approximate surface area is 167 Å². The van der Waals surface area contributed by atoms with Crippen LogP contribution in [0, 0.1) is 40.4 Å². The normalized spacial score (nSPS) is 48.0. The molecular weight excluding hydrogens is 356 g/mol. The molecule has 8 atom stereocenters. The van der Waals surface area contributed by atoms with Crippen LogP contribution in [0.15, 0.2) is 0 Å². The van der Waals surface area contributed by atoms with Crippen molar-refractivity contribution in [1.82, 2.24) is 0 Å². The van der Waals surface area contributed by atoms with Gasteiger partial charge in [-0.05, 0) is 67.1 Å². The van der Waals surface area contributed by atoms with Crippen LogP contribution in [0.2, 0.25) is 0 Å². The molecule has 0 aromatic rings. The van der Waals surface area contributed by atoms with E-state index in [0.29, 0.717) is 43.9 Å². The molecule has 4 saturated carbocycles. The minimum Gasteiger partial charge on any atom is -0.481 e. The van der Waals surface area contributed by atoms with Crippen molar-refractivity contribution in [3.8, 4) is 0 Å². The van der Waals surface area contributed by atoms with E-state index in [2.05, 4.69) is 13.8 Å². The Hall–Kier alpha value is -1.23.